The van der Waals surface area contributed by atoms with E-state index in [2.05, 4.69) is 10.2 Å². The summed E-state index contributed by atoms with van der Waals surface area (Å²) in [5.41, 5.74) is 3.79. The number of nitrogens with zero attached hydrogens (tertiary/aromatic N) is 4. The summed E-state index contributed by atoms with van der Waals surface area (Å²) in [6.07, 6.45) is 3.35. The molecular weight excluding hydrogens is 378 g/mol. The molecule has 0 radical (unpaired) electrons. The first-order chi connectivity index (χ1) is 13.6. The molecule has 8 heteroatoms. The van der Waals surface area contributed by atoms with E-state index in [0.29, 0.717) is 29.5 Å². The van der Waals surface area contributed by atoms with Crippen LogP contribution in [0, 0.1) is 0 Å². The van der Waals surface area contributed by atoms with Gasteiger partial charge in [-0.1, -0.05) is 48.9 Å². The van der Waals surface area contributed by atoms with Crippen molar-refractivity contribution in [2.24, 2.45) is 0 Å². The van der Waals surface area contributed by atoms with Crippen LogP contribution in [0.25, 0.3) is 16.8 Å². The predicted octanol–water partition coefficient (Wildman–Crippen LogP) is 3.49. The number of methoxy groups -OCH3 is 1. The van der Waals surface area contributed by atoms with Gasteiger partial charge in [-0.25, -0.2) is 9.50 Å². The highest BCUT2D eigenvalue weighted by atomic mass is 35.5. The Labute approximate surface area is 166 Å². The van der Waals surface area contributed by atoms with E-state index in [9.17, 15) is 4.79 Å². The lowest BCUT2D eigenvalue weighted by molar-refractivity contribution is 0.181. The van der Waals surface area contributed by atoms with Crippen molar-refractivity contribution in [3.63, 3.8) is 0 Å². The van der Waals surface area contributed by atoms with Gasteiger partial charge in [0.2, 0.25) is 0 Å². The van der Waals surface area contributed by atoms with E-state index in [1.54, 1.807) is 30.3 Å². The molecule has 0 aliphatic carbocycles. The van der Waals surface area contributed by atoms with Crippen LogP contribution in [-0.4, -0.2) is 31.5 Å². The highest BCUT2D eigenvalue weighted by Crippen LogP contribution is 2.28. The number of nitrogens with one attached hydrogen (secondary N) is 1. The fourth-order valence-electron chi connectivity index (χ4n) is 3.32. The van der Waals surface area contributed by atoms with Gasteiger partial charge < -0.3 is 4.74 Å². The molecule has 0 saturated heterocycles. The quantitative estimate of drug-likeness (QED) is 0.540. The van der Waals surface area contributed by atoms with E-state index >= 15 is 0 Å². The van der Waals surface area contributed by atoms with Gasteiger partial charge in [-0.3, -0.25) is 14.6 Å². The van der Waals surface area contributed by atoms with Gasteiger partial charge in [-0.2, -0.15) is 5.10 Å². The number of aromatic nitrogens is 5. The second-order valence-corrected chi connectivity index (χ2v) is 7.16. The van der Waals surface area contributed by atoms with Crippen molar-refractivity contribution in [3.8, 4) is 11.1 Å². The van der Waals surface area contributed by atoms with Crippen LogP contribution in [-0.2, 0) is 17.9 Å². The van der Waals surface area contributed by atoms with Gasteiger partial charge in [0.25, 0.3) is 5.56 Å². The third kappa shape index (κ3) is 3.46. The Kier molecular flexibility index (Phi) is 5.02. The third-order valence-electron chi connectivity index (χ3n) is 4.63. The number of hydrogen-bond donors (Lipinski definition) is 1. The summed E-state index contributed by atoms with van der Waals surface area (Å²) in [5, 5.41) is 7.92. The Hall–Kier alpha value is -2.90. The summed E-state index contributed by atoms with van der Waals surface area (Å²) < 4.78 is 8.54. The summed E-state index contributed by atoms with van der Waals surface area (Å²) in [7, 11) is 1.62. The summed E-state index contributed by atoms with van der Waals surface area (Å²) >= 11 is 5.95. The SMILES string of the molecule is COCc1[nH]n2c(=O)cc(C(C)Cn3cc(Cl)cn3)nc2c1-c1ccccc1. The number of aromatic amines is 1. The zero-order valence-corrected chi connectivity index (χ0v) is 16.3. The van der Waals surface area contributed by atoms with E-state index in [1.165, 1.54) is 4.52 Å². The summed E-state index contributed by atoms with van der Waals surface area (Å²) in [4.78, 5) is 17.6. The molecule has 1 aromatic carbocycles. The molecule has 1 unspecified atom stereocenters. The monoisotopic (exact) mass is 397 g/mol. The van der Waals surface area contributed by atoms with Crippen LogP contribution < -0.4 is 5.56 Å². The molecule has 4 aromatic rings. The zero-order chi connectivity index (χ0) is 19.7. The number of fused-ring (bicyclic) bond motifs is 1. The van der Waals surface area contributed by atoms with Gasteiger partial charge in [0.1, 0.15) is 0 Å². The molecule has 0 amide bonds. The first-order valence-electron chi connectivity index (χ1n) is 8.93. The molecule has 0 fully saturated rings. The second kappa shape index (κ2) is 7.61. The lowest BCUT2D eigenvalue weighted by Gasteiger charge is -2.11. The Morgan fingerprint density at radius 3 is 2.75 bits per heavy atom. The maximum absolute atomic E-state index is 12.8. The summed E-state index contributed by atoms with van der Waals surface area (Å²) in [6, 6.07) is 11.4. The maximum atomic E-state index is 12.8. The molecule has 3 heterocycles. The fourth-order valence-corrected chi connectivity index (χ4v) is 3.48. The van der Waals surface area contributed by atoms with Crippen molar-refractivity contribution >= 4 is 17.2 Å². The average Bonchev–Trinajstić information content (AvgIpc) is 3.26. The summed E-state index contributed by atoms with van der Waals surface area (Å²) in [5.74, 6) is -0.0157. The van der Waals surface area contributed by atoms with E-state index < -0.39 is 0 Å². The van der Waals surface area contributed by atoms with Crippen LogP contribution >= 0.6 is 11.6 Å². The van der Waals surface area contributed by atoms with Gasteiger partial charge in [0, 0.05) is 37.4 Å². The molecule has 0 aliphatic rings. The van der Waals surface area contributed by atoms with Gasteiger partial charge >= 0.3 is 0 Å². The second-order valence-electron chi connectivity index (χ2n) is 6.72. The Morgan fingerprint density at radius 2 is 2.07 bits per heavy atom. The van der Waals surface area contributed by atoms with E-state index in [0.717, 1.165) is 16.8 Å². The fraction of sp³-hybridized carbons (Fsp3) is 0.250. The average molecular weight is 398 g/mol. The molecule has 4 rings (SSSR count). The smallest absolute Gasteiger partial charge is 0.272 e. The molecule has 0 saturated carbocycles. The topological polar surface area (TPSA) is 77.2 Å². The molecule has 1 N–H and O–H groups in total. The molecule has 1 atom stereocenters. The summed E-state index contributed by atoms with van der Waals surface area (Å²) in [6.45, 7) is 2.94. The largest absolute Gasteiger partial charge is 0.378 e. The van der Waals surface area contributed by atoms with Crippen LogP contribution in [0.3, 0.4) is 0 Å². The molecule has 28 heavy (non-hydrogen) atoms. The standard InChI is InChI=1S/C20H20ClN5O2/c1-13(10-25-11-15(21)9-22-25)16-8-18(27)26-20(23-16)19(17(24-26)12-28-2)14-6-4-3-5-7-14/h3-9,11,13,24H,10,12H2,1-2H3. The molecule has 0 bridgehead atoms. The zero-order valence-electron chi connectivity index (χ0n) is 15.6. The van der Waals surface area contributed by atoms with Gasteiger partial charge in [-0.05, 0) is 5.56 Å². The van der Waals surface area contributed by atoms with Crippen LogP contribution in [0.1, 0.15) is 24.2 Å². The lowest BCUT2D eigenvalue weighted by atomic mass is 10.1. The normalized spacial score (nSPS) is 12.5. The predicted molar refractivity (Wildman–Crippen MR) is 108 cm³/mol. The Bertz CT molecular complexity index is 1160. The van der Waals surface area contributed by atoms with Crippen molar-refractivity contribution in [3.05, 3.63) is 75.6 Å². The molecular formula is C20H20ClN5O2. The lowest BCUT2D eigenvalue weighted by Crippen LogP contribution is -2.18. The number of hydrogen-bond acceptors (Lipinski definition) is 4. The van der Waals surface area contributed by atoms with Crippen LogP contribution in [0.4, 0.5) is 0 Å². The van der Waals surface area contributed by atoms with Gasteiger partial charge in [0.05, 0.1) is 29.2 Å². The Morgan fingerprint density at radius 1 is 1.29 bits per heavy atom. The van der Waals surface area contributed by atoms with Crippen LogP contribution in [0.2, 0.25) is 5.02 Å². The number of benzene rings is 1. The molecule has 144 valence electrons. The first-order valence-corrected chi connectivity index (χ1v) is 9.31. The van der Waals surface area contributed by atoms with Crippen molar-refractivity contribution in [2.45, 2.75) is 26.0 Å². The van der Waals surface area contributed by atoms with Crippen LogP contribution in [0.15, 0.2) is 53.6 Å². The van der Waals surface area contributed by atoms with E-state index in [1.807, 2.05) is 37.3 Å². The van der Waals surface area contributed by atoms with Crippen molar-refractivity contribution in [1.29, 1.82) is 0 Å². The molecule has 3 aromatic heterocycles. The molecule has 0 spiro atoms. The number of rotatable bonds is 6. The number of ether oxygens (including phenoxy) is 1. The minimum atomic E-state index is -0.162. The van der Waals surface area contributed by atoms with E-state index in [4.69, 9.17) is 21.3 Å². The number of halogens is 1. The van der Waals surface area contributed by atoms with E-state index in [-0.39, 0.29) is 11.5 Å². The molecule has 0 aliphatic heterocycles. The molecule has 7 nitrogen and oxygen atoms in total. The van der Waals surface area contributed by atoms with Crippen molar-refractivity contribution in [1.82, 2.24) is 24.4 Å². The minimum absolute atomic E-state index is 0.0157. The van der Waals surface area contributed by atoms with Crippen LogP contribution in [0.5, 0.6) is 0 Å². The third-order valence-corrected chi connectivity index (χ3v) is 4.82. The highest BCUT2D eigenvalue weighted by Gasteiger charge is 2.19. The minimum Gasteiger partial charge on any atom is -0.378 e. The Balaban J connectivity index is 1.83. The van der Waals surface area contributed by atoms with Gasteiger partial charge in [0.15, 0.2) is 5.65 Å². The number of H-pyrrole nitrogens is 1. The highest BCUT2D eigenvalue weighted by molar-refractivity contribution is 6.30. The first kappa shape index (κ1) is 18.5. The maximum Gasteiger partial charge on any atom is 0.272 e. The van der Waals surface area contributed by atoms with Gasteiger partial charge in [-0.15, -0.1) is 0 Å². The van der Waals surface area contributed by atoms with Crippen molar-refractivity contribution < 1.29 is 4.74 Å². The van der Waals surface area contributed by atoms with Crippen molar-refractivity contribution in [2.75, 3.05) is 7.11 Å².